The third-order valence-corrected chi connectivity index (χ3v) is 41.2. The van der Waals surface area contributed by atoms with Crippen molar-refractivity contribution in [2.45, 2.75) is 367 Å². The fourth-order valence-electron chi connectivity index (χ4n) is 34.8. The van der Waals surface area contributed by atoms with Crippen LogP contribution >= 0.6 is 0 Å². The van der Waals surface area contributed by atoms with Crippen LogP contribution in [0.4, 0.5) is 34.1 Å². The lowest BCUT2D eigenvalue weighted by atomic mass is 9.44. The quantitative estimate of drug-likeness (QED) is 0.0558. The molecule has 0 aromatic heterocycles. The summed E-state index contributed by atoms with van der Waals surface area (Å²) in [7, 11) is 0. The molecule has 12 N–H and O–H groups in total. The largest absolute Gasteiger partial charge is 0.462 e. The number of hydrogen-bond acceptors (Lipinski definition) is 18. The van der Waals surface area contributed by atoms with Crippen LogP contribution < -0.4 is 34.4 Å². The summed E-state index contributed by atoms with van der Waals surface area (Å²) in [6.45, 7) is 27.9. The van der Waals surface area contributed by atoms with Crippen molar-refractivity contribution in [3.63, 3.8) is 0 Å². The summed E-state index contributed by atoms with van der Waals surface area (Å²) < 4.78 is 58.4. The van der Waals surface area contributed by atoms with Gasteiger partial charge in [0, 0.05) is 84.0 Å². The van der Waals surface area contributed by atoms with Gasteiger partial charge < -0.3 is 77.0 Å². The van der Waals surface area contributed by atoms with E-state index < -0.39 is 0 Å². The van der Waals surface area contributed by atoms with E-state index in [2.05, 4.69) is 69.2 Å². The minimum atomic E-state index is -0.328. The fraction of sp³-hybridized carbons (Fsp3) is 0.802. The highest BCUT2D eigenvalue weighted by Crippen LogP contribution is 2.76. The van der Waals surface area contributed by atoms with Crippen LogP contribution in [0.2, 0.25) is 0 Å². The first-order valence-electron chi connectivity index (χ1n) is 50.7. The zero-order valence-electron chi connectivity index (χ0n) is 77.5. The highest BCUT2D eigenvalue weighted by Gasteiger charge is 2.73. The maximum absolute atomic E-state index is 12.9. The molecule has 18 heteroatoms. The van der Waals surface area contributed by atoms with Crippen LogP contribution in [-0.2, 0) is 76.3 Å². The highest BCUT2D eigenvalue weighted by atomic mass is 16.7. The van der Waals surface area contributed by atoms with Gasteiger partial charge in [0.2, 0.25) is 0 Å². The topological polar surface area (TPSA) is 290 Å². The number of fused-ring (bicyclic) bond motifs is 21. The van der Waals surface area contributed by atoms with Gasteiger partial charge >= 0.3 is 17.9 Å². The molecule has 34 unspecified atom stereocenters. The van der Waals surface area contributed by atoms with E-state index in [1.54, 1.807) is 24.3 Å². The molecule has 12 aliphatic carbocycles. The Morgan fingerprint density at radius 3 is 1.10 bits per heavy atom. The van der Waals surface area contributed by atoms with E-state index in [9.17, 15) is 14.4 Å². The number of carbonyl (C=O) groups excluding carboxylic acids is 3. The summed E-state index contributed by atoms with van der Waals surface area (Å²) in [5, 5.41) is 0. The third kappa shape index (κ3) is 15.2. The maximum Gasteiger partial charge on any atom is 0.310 e. The van der Waals surface area contributed by atoms with Gasteiger partial charge in [0.05, 0.1) is 44.6 Å². The van der Waals surface area contributed by atoms with Gasteiger partial charge in [-0.05, 0) is 386 Å². The van der Waals surface area contributed by atoms with E-state index in [1.807, 2.05) is 30.3 Å². The molecule has 12 saturated carbocycles. The molecule has 0 bridgehead atoms. The third-order valence-electron chi connectivity index (χ3n) is 41.2. The number of nitrogens with two attached hydrogens (primary N) is 6. The molecular weight excluding hydrogens is 1550 g/mol. The molecule has 3 spiro atoms. The molecule has 3 aromatic carbocycles. The number of rotatable bonds is 12. The summed E-state index contributed by atoms with van der Waals surface area (Å²) >= 11 is 0. The van der Waals surface area contributed by atoms with E-state index in [0.717, 1.165) is 160 Å². The molecule has 6 saturated heterocycles. The van der Waals surface area contributed by atoms with Gasteiger partial charge in [0.1, 0.15) is 18.3 Å². The monoisotopic (exact) mass is 1710 g/mol. The molecule has 6 aliphatic heterocycles. The number of hydrogen-bond donors (Lipinski definition) is 6. The zero-order chi connectivity index (χ0) is 86.6. The Balaban J connectivity index is 0.000000122. The second kappa shape index (κ2) is 33.5. The summed E-state index contributed by atoms with van der Waals surface area (Å²) in [6.07, 6.45) is 42.9. The Hall–Kier alpha value is -5.37. The average molecular weight is 1710 g/mol. The van der Waals surface area contributed by atoms with Crippen LogP contribution in [0.1, 0.15) is 311 Å². The number of nitrogen functional groups attached to an aromatic ring is 6. The first-order chi connectivity index (χ1) is 59.3. The highest BCUT2D eigenvalue weighted by molar-refractivity contribution is 5.76. The van der Waals surface area contributed by atoms with Crippen molar-refractivity contribution in [2.24, 2.45) is 145 Å². The minimum Gasteiger partial charge on any atom is -0.462 e. The number of ether oxygens (including phenoxy) is 9. The van der Waals surface area contributed by atoms with E-state index in [-0.39, 0.29) is 60.0 Å². The van der Waals surface area contributed by atoms with Crippen LogP contribution in [0.3, 0.4) is 0 Å². The number of benzene rings is 3. The second-order valence-electron chi connectivity index (χ2n) is 46.8. The summed E-state index contributed by atoms with van der Waals surface area (Å²) in [5.74, 6) is 11.8. The van der Waals surface area contributed by atoms with Crippen LogP contribution in [-0.4, -0.2) is 91.7 Å². The second-order valence-corrected chi connectivity index (χ2v) is 46.8. The smallest absolute Gasteiger partial charge is 0.310 e. The van der Waals surface area contributed by atoms with Gasteiger partial charge in [-0.2, -0.15) is 0 Å². The molecule has 18 fully saturated rings. The maximum atomic E-state index is 12.9. The summed E-state index contributed by atoms with van der Waals surface area (Å²) in [5.41, 5.74) is 44.6. The molecule has 18 aliphatic rings. The van der Waals surface area contributed by atoms with Gasteiger partial charge in [-0.15, -0.1) is 0 Å². The van der Waals surface area contributed by atoms with Gasteiger partial charge in [0.15, 0.2) is 17.4 Å². The number of anilines is 6. The molecule has 3 aromatic rings. The van der Waals surface area contributed by atoms with Crippen molar-refractivity contribution < 1.29 is 57.0 Å². The van der Waals surface area contributed by atoms with Crippen LogP contribution in [0.25, 0.3) is 0 Å². The molecular formula is C106H158N6O12. The Morgan fingerprint density at radius 1 is 0.363 bits per heavy atom. The molecule has 124 heavy (non-hydrogen) atoms. The van der Waals surface area contributed by atoms with Crippen molar-refractivity contribution in [3.05, 3.63) is 71.3 Å². The van der Waals surface area contributed by atoms with Crippen molar-refractivity contribution in [1.82, 2.24) is 0 Å². The van der Waals surface area contributed by atoms with Crippen LogP contribution in [0.15, 0.2) is 54.6 Å². The molecule has 0 radical (unpaired) electrons. The van der Waals surface area contributed by atoms with Gasteiger partial charge in [-0.1, -0.05) is 87.4 Å². The SMILES string of the molecule is CC1C2C(CC3C4CCC5CC(OC(=O)CCCc6ccc(N)cc6N)CCC5(C)C4CCC32C)OC12CCCCO2.CC1C2C(CC3C4CCC5CC(OC(=O)CCc6ccc(N)cc6N)CCC5(C)C4CCC32C)OC12CCCCO2.CC1CCC2(OC1)OC1CC3C4CCC5CC(OC(=O)Cc6ccc(N)cc6N)CCC5(C)C4CCC3(C)C1C2C. The minimum absolute atomic E-state index is 0.0236. The summed E-state index contributed by atoms with van der Waals surface area (Å²) in [4.78, 5) is 38.5. The lowest BCUT2D eigenvalue weighted by Gasteiger charge is -2.61. The number of carbonyl (C=O) groups is 3. The van der Waals surface area contributed by atoms with Crippen LogP contribution in [0, 0.1) is 145 Å². The van der Waals surface area contributed by atoms with Gasteiger partial charge in [0.25, 0.3) is 0 Å². The molecule has 684 valence electrons. The molecule has 21 rings (SSSR count). The van der Waals surface area contributed by atoms with Crippen molar-refractivity contribution in [3.8, 4) is 0 Å². The normalized spacial score (nSPS) is 47.1. The predicted octanol–water partition coefficient (Wildman–Crippen LogP) is 20.9. The fourth-order valence-corrected chi connectivity index (χ4v) is 34.8. The van der Waals surface area contributed by atoms with E-state index >= 15 is 0 Å². The van der Waals surface area contributed by atoms with Crippen molar-refractivity contribution >= 4 is 52.0 Å². The Bertz CT molecular complexity index is 4380. The van der Waals surface area contributed by atoms with Crippen LogP contribution in [0.5, 0.6) is 0 Å². The Labute approximate surface area is 742 Å². The van der Waals surface area contributed by atoms with E-state index in [0.29, 0.717) is 163 Å². The Morgan fingerprint density at radius 2 is 0.726 bits per heavy atom. The number of aryl methyl sites for hydroxylation is 2. The standard InChI is InChI=1S/C36H54N2O4.2C35H52N2O4/c1-22-33-31(42-36(22)15-4-5-18-40-36)21-29-27-12-10-24-19-26(13-16-34(24,2)28(27)14-17-35(29,33)3)41-32(39)8-6-7-23-9-11-25(37)20-30(23)38;1-20-9-14-35(39-19-20)21(2)32-30(41-35)18-28-26-8-6-23-16-25(10-12-33(23,3)27(26)11-13-34(28,32)4)40-31(38)15-22-5-7-24(36)17-29(22)37;1-21-32-30(41-35(21)14-4-5-17-39-35)20-28-26-10-8-23-18-25(12-15-33(23,2)27(26)13-16-34(28,32)3)40-31(38)11-7-22-6-9-24(36)19-29(22)37/h9,11,20,22,24,26-29,31,33H,4-8,10,12-19,21,37-38H2,1-3H3;5,7,17,20-21,23,25-28,30,32H,6,8-16,18-19,36-37H2,1-4H3;6,9,19,21,23,25-28,30,32H,4-5,7-8,10-18,20,36-37H2,1-3H3. The molecule has 6 heterocycles. The predicted molar refractivity (Wildman–Crippen MR) is 486 cm³/mol. The van der Waals surface area contributed by atoms with Gasteiger partial charge in [-0.3, -0.25) is 14.4 Å². The average Bonchev–Trinajstić information content (AvgIpc) is 1.53. The first kappa shape index (κ1) is 87.9. The Kier molecular flexibility index (Phi) is 23.7. The molecule has 0 amide bonds. The lowest BCUT2D eigenvalue weighted by molar-refractivity contribution is -0.273. The zero-order valence-corrected chi connectivity index (χ0v) is 77.5. The molecule has 18 nitrogen and oxygen atoms in total. The van der Waals surface area contributed by atoms with Crippen molar-refractivity contribution in [1.29, 1.82) is 0 Å². The summed E-state index contributed by atoms with van der Waals surface area (Å²) in [6, 6.07) is 16.5. The van der Waals surface area contributed by atoms with E-state index in [4.69, 9.17) is 77.0 Å². The molecule has 34 atom stereocenters. The van der Waals surface area contributed by atoms with Crippen molar-refractivity contribution in [2.75, 3.05) is 54.2 Å². The van der Waals surface area contributed by atoms with Gasteiger partial charge in [-0.25, -0.2) is 0 Å². The van der Waals surface area contributed by atoms with E-state index in [1.165, 1.54) is 148 Å². The first-order valence-corrected chi connectivity index (χ1v) is 50.7. The number of esters is 3. The lowest BCUT2D eigenvalue weighted by Crippen LogP contribution is -2.55.